The molecule has 1 aromatic carbocycles. The maximum atomic E-state index is 11.2. The number of carboxylic acids is 1. The molecule has 4 heteroatoms. The summed E-state index contributed by atoms with van der Waals surface area (Å²) in [5.74, 6) is -0.901. The van der Waals surface area contributed by atoms with Crippen LogP contribution in [0.3, 0.4) is 0 Å². The molecule has 0 radical (unpaired) electrons. The molecule has 0 spiro atoms. The summed E-state index contributed by atoms with van der Waals surface area (Å²) in [6, 6.07) is 7.28. The van der Waals surface area contributed by atoms with Crippen LogP contribution in [0.1, 0.15) is 15.2 Å². The highest BCUT2D eigenvalue weighted by Crippen LogP contribution is 2.31. The third-order valence-electron chi connectivity index (χ3n) is 2.36. The van der Waals surface area contributed by atoms with Gasteiger partial charge in [-0.3, -0.25) is 0 Å². The van der Waals surface area contributed by atoms with E-state index in [9.17, 15) is 4.79 Å². The van der Waals surface area contributed by atoms with E-state index in [1.807, 2.05) is 30.5 Å². The Morgan fingerprint density at radius 3 is 2.62 bits per heavy atom. The second kappa shape index (κ2) is 4.39. The molecule has 0 bridgehead atoms. The average Bonchev–Trinajstić information content (AvgIpc) is 2.64. The summed E-state index contributed by atoms with van der Waals surface area (Å²) in [6.45, 7) is 1.99. The van der Waals surface area contributed by atoms with Crippen molar-refractivity contribution in [2.45, 2.75) is 6.92 Å². The van der Waals surface area contributed by atoms with Crippen molar-refractivity contribution in [1.82, 2.24) is 0 Å². The summed E-state index contributed by atoms with van der Waals surface area (Å²) in [7, 11) is 0. The van der Waals surface area contributed by atoms with Gasteiger partial charge in [0.15, 0.2) is 0 Å². The molecule has 1 aromatic heterocycles. The molecular weight excluding hydrogens is 288 g/mol. The Morgan fingerprint density at radius 2 is 2.06 bits per heavy atom. The molecule has 16 heavy (non-hydrogen) atoms. The number of halogens is 1. The van der Waals surface area contributed by atoms with Crippen molar-refractivity contribution < 1.29 is 9.90 Å². The van der Waals surface area contributed by atoms with Crippen LogP contribution in [0, 0.1) is 6.92 Å². The molecule has 2 nitrogen and oxygen atoms in total. The van der Waals surface area contributed by atoms with Crippen LogP contribution in [0.2, 0.25) is 0 Å². The second-order valence-corrected chi connectivity index (χ2v) is 5.42. The first kappa shape index (κ1) is 11.4. The Bertz CT molecular complexity index is 546. The van der Waals surface area contributed by atoms with Gasteiger partial charge in [-0.1, -0.05) is 22.0 Å². The topological polar surface area (TPSA) is 37.3 Å². The van der Waals surface area contributed by atoms with Gasteiger partial charge in [-0.25, -0.2) is 4.79 Å². The molecule has 0 saturated heterocycles. The number of carbonyl (C=O) groups is 1. The van der Waals surface area contributed by atoms with Gasteiger partial charge in [0.2, 0.25) is 0 Å². The smallest absolute Gasteiger partial charge is 0.336 e. The fourth-order valence-corrected chi connectivity index (χ4v) is 2.67. The number of hydrogen-bond donors (Lipinski definition) is 1. The van der Waals surface area contributed by atoms with Crippen LogP contribution >= 0.6 is 27.3 Å². The van der Waals surface area contributed by atoms with Gasteiger partial charge in [0.1, 0.15) is 0 Å². The molecule has 1 heterocycles. The lowest BCUT2D eigenvalue weighted by molar-refractivity contribution is 0.0697. The fraction of sp³-hybridized carbons (Fsp3) is 0.0833. The molecule has 1 N–H and O–H groups in total. The lowest BCUT2D eigenvalue weighted by Gasteiger charge is -2.06. The minimum absolute atomic E-state index is 0.330. The first-order valence-corrected chi connectivity index (χ1v) is 6.34. The Labute approximate surface area is 106 Å². The molecule has 0 fully saturated rings. The van der Waals surface area contributed by atoms with Gasteiger partial charge < -0.3 is 5.11 Å². The molecule has 2 aromatic rings. The average molecular weight is 297 g/mol. The lowest BCUT2D eigenvalue weighted by atomic mass is 10.0. The van der Waals surface area contributed by atoms with Crippen molar-refractivity contribution in [3.8, 4) is 11.1 Å². The van der Waals surface area contributed by atoms with Crippen molar-refractivity contribution in [3.05, 3.63) is 44.6 Å². The van der Waals surface area contributed by atoms with E-state index in [-0.39, 0.29) is 0 Å². The number of aromatic carboxylic acids is 1. The summed E-state index contributed by atoms with van der Waals surface area (Å²) < 4.78 is 0.779. The molecule has 0 aliphatic carbocycles. The first-order valence-electron chi connectivity index (χ1n) is 4.67. The Hall–Kier alpha value is -1.13. The van der Waals surface area contributed by atoms with Gasteiger partial charge in [0.05, 0.1) is 5.56 Å². The van der Waals surface area contributed by atoms with Crippen LogP contribution in [0.25, 0.3) is 11.1 Å². The zero-order valence-corrected chi connectivity index (χ0v) is 10.9. The van der Waals surface area contributed by atoms with Crippen LogP contribution in [-0.2, 0) is 0 Å². The number of rotatable bonds is 2. The van der Waals surface area contributed by atoms with Gasteiger partial charge in [-0.15, -0.1) is 11.3 Å². The Balaban J connectivity index is 2.65. The van der Waals surface area contributed by atoms with Crippen LogP contribution in [0.5, 0.6) is 0 Å². The van der Waals surface area contributed by atoms with Gasteiger partial charge in [0, 0.05) is 9.35 Å². The maximum absolute atomic E-state index is 11.2. The van der Waals surface area contributed by atoms with Gasteiger partial charge in [0.25, 0.3) is 0 Å². The molecule has 0 atom stereocenters. The summed E-state index contributed by atoms with van der Waals surface area (Å²) in [5, 5.41) is 11.1. The highest BCUT2D eigenvalue weighted by atomic mass is 79.9. The molecule has 0 saturated carbocycles. The largest absolute Gasteiger partial charge is 0.478 e. The molecule has 0 unspecified atom stereocenters. The van der Waals surface area contributed by atoms with Crippen molar-refractivity contribution in [3.63, 3.8) is 0 Å². The van der Waals surface area contributed by atoms with E-state index in [1.54, 1.807) is 17.4 Å². The standard InChI is InChI=1S/C12H9BrO2S/c1-7-9(4-5-16-7)10-3-2-8(13)6-11(10)12(14)15/h2-6H,1H3,(H,14,15). The molecule has 0 amide bonds. The third-order valence-corrected chi connectivity index (χ3v) is 3.70. The zero-order chi connectivity index (χ0) is 11.7. The lowest BCUT2D eigenvalue weighted by Crippen LogP contribution is -1.99. The quantitative estimate of drug-likeness (QED) is 0.902. The van der Waals surface area contributed by atoms with Crippen LogP contribution in [0.15, 0.2) is 34.1 Å². The molecule has 82 valence electrons. The van der Waals surface area contributed by atoms with Crippen LogP contribution < -0.4 is 0 Å². The number of carboxylic acid groups (broad SMARTS) is 1. The maximum Gasteiger partial charge on any atom is 0.336 e. The van der Waals surface area contributed by atoms with E-state index in [4.69, 9.17) is 5.11 Å². The van der Waals surface area contributed by atoms with Gasteiger partial charge in [-0.2, -0.15) is 0 Å². The normalized spacial score (nSPS) is 10.4. The van der Waals surface area contributed by atoms with E-state index in [1.165, 1.54) is 0 Å². The number of aryl methyl sites for hydroxylation is 1. The molecular formula is C12H9BrO2S. The summed E-state index contributed by atoms with van der Waals surface area (Å²) >= 11 is 4.90. The highest BCUT2D eigenvalue weighted by Gasteiger charge is 2.14. The first-order chi connectivity index (χ1) is 7.59. The van der Waals surface area contributed by atoms with Crippen molar-refractivity contribution in [2.75, 3.05) is 0 Å². The third kappa shape index (κ3) is 2.03. The Kier molecular flexibility index (Phi) is 3.12. The van der Waals surface area contributed by atoms with Gasteiger partial charge in [-0.05, 0) is 41.6 Å². The Morgan fingerprint density at radius 1 is 1.31 bits per heavy atom. The van der Waals surface area contributed by atoms with Crippen molar-refractivity contribution in [2.24, 2.45) is 0 Å². The van der Waals surface area contributed by atoms with Crippen molar-refractivity contribution >= 4 is 33.2 Å². The molecule has 0 aliphatic rings. The summed E-state index contributed by atoms with van der Waals surface area (Å²) in [5.41, 5.74) is 2.10. The monoisotopic (exact) mass is 296 g/mol. The summed E-state index contributed by atoms with van der Waals surface area (Å²) in [6.07, 6.45) is 0. The molecule has 0 aliphatic heterocycles. The number of benzene rings is 1. The van der Waals surface area contributed by atoms with Crippen LogP contribution in [-0.4, -0.2) is 11.1 Å². The minimum Gasteiger partial charge on any atom is -0.478 e. The highest BCUT2D eigenvalue weighted by molar-refractivity contribution is 9.10. The van der Waals surface area contributed by atoms with Crippen molar-refractivity contribution in [1.29, 1.82) is 0 Å². The van der Waals surface area contributed by atoms with Gasteiger partial charge >= 0.3 is 5.97 Å². The molecule has 2 rings (SSSR count). The minimum atomic E-state index is -0.901. The SMILES string of the molecule is Cc1sccc1-c1ccc(Br)cc1C(=O)O. The fourth-order valence-electron chi connectivity index (χ4n) is 1.59. The van der Waals surface area contributed by atoms with E-state index >= 15 is 0 Å². The summed E-state index contributed by atoms with van der Waals surface area (Å²) in [4.78, 5) is 12.3. The van der Waals surface area contributed by atoms with E-state index in [0.717, 1.165) is 20.5 Å². The van der Waals surface area contributed by atoms with E-state index in [0.29, 0.717) is 5.56 Å². The van der Waals surface area contributed by atoms with E-state index in [2.05, 4.69) is 15.9 Å². The predicted octanol–water partition coefficient (Wildman–Crippen LogP) is 4.18. The number of thiophene rings is 1. The van der Waals surface area contributed by atoms with Crippen LogP contribution in [0.4, 0.5) is 0 Å². The number of hydrogen-bond acceptors (Lipinski definition) is 2. The van der Waals surface area contributed by atoms with E-state index < -0.39 is 5.97 Å². The predicted molar refractivity (Wildman–Crippen MR) is 69.2 cm³/mol. The second-order valence-electron chi connectivity index (χ2n) is 3.39. The zero-order valence-electron chi connectivity index (χ0n) is 8.53.